The van der Waals surface area contributed by atoms with E-state index in [2.05, 4.69) is 36.2 Å². The van der Waals surface area contributed by atoms with Crippen molar-refractivity contribution in [3.63, 3.8) is 0 Å². The molecular weight excluding hydrogens is 234 g/mol. The van der Waals surface area contributed by atoms with Crippen molar-refractivity contribution in [1.82, 2.24) is 0 Å². The summed E-state index contributed by atoms with van der Waals surface area (Å²) >= 11 is 0. The quantitative estimate of drug-likeness (QED) is 0.626. The summed E-state index contributed by atoms with van der Waals surface area (Å²) in [5, 5.41) is 0. The Morgan fingerprint density at radius 1 is 1.05 bits per heavy atom. The number of rotatable bonds is 8. The predicted octanol–water partition coefficient (Wildman–Crippen LogP) is 4.58. The van der Waals surface area contributed by atoms with Crippen LogP contribution in [-0.2, 0) is 4.74 Å². The third-order valence-corrected chi connectivity index (χ3v) is 3.62. The number of aliphatic imine (C=N–C) groups is 1. The van der Waals surface area contributed by atoms with Crippen LogP contribution in [0.2, 0.25) is 0 Å². The molecule has 104 valence electrons. The van der Waals surface area contributed by atoms with Crippen LogP contribution in [0.1, 0.15) is 57.4 Å². The number of benzene rings is 1. The van der Waals surface area contributed by atoms with E-state index in [0.717, 1.165) is 12.1 Å². The van der Waals surface area contributed by atoms with E-state index >= 15 is 0 Å². The van der Waals surface area contributed by atoms with Gasteiger partial charge in [-0.15, -0.1) is 0 Å². The molecule has 0 saturated carbocycles. The van der Waals surface area contributed by atoms with Crippen molar-refractivity contribution in [3.8, 4) is 0 Å². The minimum absolute atomic E-state index is 0.0985. The van der Waals surface area contributed by atoms with E-state index < -0.39 is 0 Å². The van der Waals surface area contributed by atoms with Gasteiger partial charge in [0, 0.05) is 0 Å². The molecule has 2 rings (SSSR count). The summed E-state index contributed by atoms with van der Waals surface area (Å²) in [6.07, 6.45) is 9.14. The molecular formula is C17H25NO. The lowest BCUT2D eigenvalue weighted by molar-refractivity contribution is 0.0997. The van der Waals surface area contributed by atoms with Crippen molar-refractivity contribution >= 4 is 5.71 Å². The second-order valence-electron chi connectivity index (χ2n) is 5.26. The molecule has 1 aromatic rings. The van der Waals surface area contributed by atoms with Crippen LogP contribution in [0.15, 0.2) is 35.3 Å². The first-order valence-corrected chi connectivity index (χ1v) is 7.64. The van der Waals surface area contributed by atoms with Crippen molar-refractivity contribution in [3.05, 3.63) is 35.9 Å². The lowest BCUT2D eigenvalue weighted by Gasteiger charge is -2.06. The Hall–Kier alpha value is -1.15. The maximum atomic E-state index is 5.74. The summed E-state index contributed by atoms with van der Waals surface area (Å²) in [7, 11) is 0. The molecule has 0 bridgehead atoms. The standard InChI is InChI=1S/C17H25NO/c1-2-3-4-5-6-10-13-17-18-16(14-19-17)15-11-8-7-9-12-15/h7-9,11-12,17H,2-6,10,13-14H2,1H3/t17-/m0/s1. The van der Waals surface area contributed by atoms with Crippen molar-refractivity contribution in [2.24, 2.45) is 4.99 Å². The van der Waals surface area contributed by atoms with Gasteiger partial charge in [0.05, 0.1) is 12.3 Å². The van der Waals surface area contributed by atoms with E-state index in [0.29, 0.717) is 6.61 Å². The second kappa shape index (κ2) is 8.11. The molecule has 0 saturated heterocycles. The largest absolute Gasteiger partial charge is 0.350 e. The normalized spacial score (nSPS) is 18.6. The zero-order valence-electron chi connectivity index (χ0n) is 12.0. The molecule has 0 amide bonds. The van der Waals surface area contributed by atoms with Gasteiger partial charge in [-0.25, -0.2) is 0 Å². The molecule has 19 heavy (non-hydrogen) atoms. The highest BCUT2D eigenvalue weighted by molar-refractivity contribution is 6.02. The molecule has 2 heteroatoms. The molecule has 1 atom stereocenters. The van der Waals surface area contributed by atoms with Crippen LogP contribution in [0.25, 0.3) is 0 Å². The van der Waals surface area contributed by atoms with Crippen LogP contribution in [0.5, 0.6) is 0 Å². The maximum absolute atomic E-state index is 5.74. The first-order chi connectivity index (χ1) is 9.40. The first kappa shape index (κ1) is 14.3. The van der Waals surface area contributed by atoms with Crippen LogP contribution in [0.4, 0.5) is 0 Å². The van der Waals surface area contributed by atoms with Crippen molar-refractivity contribution in [2.45, 2.75) is 58.1 Å². The topological polar surface area (TPSA) is 21.6 Å². The predicted molar refractivity (Wildman–Crippen MR) is 80.7 cm³/mol. The van der Waals surface area contributed by atoms with Gasteiger partial charge < -0.3 is 4.74 Å². The zero-order valence-corrected chi connectivity index (χ0v) is 12.0. The fourth-order valence-corrected chi connectivity index (χ4v) is 2.46. The van der Waals surface area contributed by atoms with Crippen LogP contribution in [0.3, 0.4) is 0 Å². The summed E-state index contributed by atoms with van der Waals surface area (Å²) < 4.78 is 5.74. The molecule has 0 radical (unpaired) electrons. The summed E-state index contributed by atoms with van der Waals surface area (Å²) in [5.74, 6) is 0. The van der Waals surface area contributed by atoms with E-state index in [1.54, 1.807) is 0 Å². The highest BCUT2D eigenvalue weighted by Gasteiger charge is 2.18. The molecule has 0 spiro atoms. The highest BCUT2D eigenvalue weighted by Crippen LogP contribution is 2.17. The van der Waals surface area contributed by atoms with Crippen LogP contribution >= 0.6 is 0 Å². The molecule has 1 aromatic carbocycles. The molecule has 0 aliphatic carbocycles. The molecule has 0 fully saturated rings. The third kappa shape index (κ3) is 4.79. The van der Waals surface area contributed by atoms with Crippen molar-refractivity contribution in [1.29, 1.82) is 0 Å². The Kier molecular flexibility index (Phi) is 6.09. The Bertz CT molecular complexity index is 386. The van der Waals surface area contributed by atoms with Crippen molar-refractivity contribution < 1.29 is 4.74 Å². The van der Waals surface area contributed by atoms with Crippen LogP contribution in [0, 0.1) is 0 Å². The highest BCUT2D eigenvalue weighted by atomic mass is 16.5. The lowest BCUT2D eigenvalue weighted by atomic mass is 10.1. The number of unbranched alkanes of at least 4 members (excludes halogenated alkanes) is 5. The van der Waals surface area contributed by atoms with Gasteiger partial charge in [0.25, 0.3) is 0 Å². The Balaban J connectivity index is 1.68. The smallest absolute Gasteiger partial charge is 0.149 e. The molecule has 1 heterocycles. The van der Waals surface area contributed by atoms with E-state index in [1.165, 1.54) is 44.1 Å². The molecule has 0 aromatic heterocycles. The number of ether oxygens (including phenoxy) is 1. The summed E-state index contributed by atoms with van der Waals surface area (Å²) in [5.41, 5.74) is 2.31. The van der Waals surface area contributed by atoms with Gasteiger partial charge in [-0.05, 0) is 18.4 Å². The Labute approximate surface area is 116 Å². The Morgan fingerprint density at radius 3 is 2.58 bits per heavy atom. The van der Waals surface area contributed by atoms with E-state index in [9.17, 15) is 0 Å². The van der Waals surface area contributed by atoms with Crippen LogP contribution in [-0.4, -0.2) is 18.5 Å². The van der Waals surface area contributed by atoms with Gasteiger partial charge in [0.2, 0.25) is 0 Å². The summed E-state index contributed by atoms with van der Waals surface area (Å²) in [4.78, 5) is 4.69. The zero-order chi connectivity index (χ0) is 13.3. The van der Waals surface area contributed by atoms with Gasteiger partial charge in [0.1, 0.15) is 6.23 Å². The van der Waals surface area contributed by atoms with Gasteiger partial charge in [-0.1, -0.05) is 69.4 Å². The minimum atomic E-state index is 0.0985. The number of hydrogen-bond donors (Lipinski definition) is 0. The molecule has 1 aliphatic heterocycles. The van der Waals surface area contributed by atoms with Gasteiger partial charge >= 0.3 is 0 Å². The van der Waals surface area contributed by atoms with Gasteiger partial charge in [-0.2, -0.15) is 0 Å². The monoisotopic (exact) mass is 259 g/mol. The molecule has 0 unspecified atom stereocenters. The third-order valence-electron chi connectivity index (χ3n) is 3.62. The maximum Gasteiger partial charge on any atom is 0.149 e. The number of nitrogens with zero attached hydrogens (tertiary/aromatic N) is 1. The minimum Gasteiger partial charge on any atom is -0.350 e. The number of hydrogen-bond acceptors (Lipinski definition) is 2. The van der Waals surface area contributed by atoms with Gasteiger partial charge in [-0.3, -0.25) is 4.99 Å². The molecule has 0 N–H and O–H groups in total. The molecule has 2 nitrogen and oxygen atoms in total. The fraction of sp³-hybridized carbons (Fsp3) is 0.588. The molecule has 1 aliphatic rings. The van der Waals surface area contributed by atoms with Crippen LogP contribution < -0.4 is 0 Å². The average Bonchev–Trinajstić information content (AvgIpc) is 2.92. The Morgan fingerprint density at radius 2 is 1.79 bits per heavy atom. The van der Waals surface area contributed by atoms with Gasteiger partial charge in [0.15, 0.2) is 0 Å². The SMILES string of the molecule is CCCCCCCC[C@H]1N=C(c2ccccc2)CO1. The lowest BCUT2D eigenvalue weighted by Crippen LogP contribution is -2.04. The van der Waals surface area contributed by atoms with Crippen molar-refractivity contribution in [2.75, 3.05) is 6.61 Å². The first-order valence-electron chi connectivity index (χ1n) is 7.64. The fourth-order valence-electron chi connectivity index (χ4n) is 2.46. The van der Waals surface area contributed by atoms with E-state index in [4.69, 9.17) is 4.74 Å². The second-order valence-corrected chi connectivity index (χ2v) is 5.26. The van der Waals surface area contributed by atoms with E-state index in [1.807, 2.05) is 6.07 Å². The van der Waals surface area contributed by atoms with E-state index in [-0.39, 0.29) is 6.23 Å². The average molecular weight is 259 g/mol. The summed E-state index contributed by atoms with van der Waals surface area (Å²) in [6, 6.07) is 10.4. The summed E-state index contributed by atoms with van der Waals surface area (Å²) in [6.45, 7) is 2.93.